The van der Waals surface area contributed by atoms with Gasteiger partial charge in [-0.1, -0.05) is 31.2 Å². The van der Waals surface area contributed by atoms with Crippen molar-refractivity contribution in [1.82, 2.24) is 15.6 Å². The second kappa shape index (κ2) is 13.1. The van der Waals surface area contributed by atoms with Gasteiger partial charge in [0, 0.05) is 37.7 Å². The first kappa shape index (κ1) is 22.9. The average molecular weight is 488 g/mol. The first-order valence-corrected chi connectivity index (χ1v) is 9.59. The Morgan fingerprint density at radius 1 is 1.19 bits per heavy atom. The monoisotopic (exact) mass is 488 g/mol. The number of aryl methyl sites for hydroxylation is 1. The predicted molar refractivity (Wildman–Crippen MR) is 121 cm³/mol. The Labute approximate surface area is 177 Å². The van der Waals surface area contributed by atoms with Gasteiger partial charge in [0.2, 0.25) is 0 Å². The fourth-order valence-corrected chi connectivity index (χ4v) is 3.29. The number of aliphatic imine (C=N–C) groups is 1. The van der Waals surface area contributed by atoms with Gasteiger partial charge in [0.25, 0.3) is 0 Å². The number of rotatable bonds is 9. The lowest BCUT2D eigenvalue weighted by Crippen LogP contribution is -2.38. The summed E-state index contributed by atoms with van der Waals surface area (Å²) in [7, 11) is 1.72. The minimum atomic E-state index is 0. The van der Waals surface area contributed by atoms with E-state index in [0.29, 0.717) is 13.2 Å². The molecule has 0 radical (unpaired) electrons. The van der Waals surface area contributed by atoms with E-state index >= 15 is 0 Å². The summed E-state index contributed by atoms with van der Waals surface area (Å²) >= 11 is 1.79. The zero-order valence-corrected chi connectivity index (χ0v) is 18.9. The molecule has 7 heteroatoms. The minimum absolute atomic E-state index is 0. The van der Waals surface area contributed by atoms with E-state index in [4.69, 9.17) is 9.73 Å². The Hall–Kier alpha value is -1.19. The van der Waals surface area contributed by atoms with Crippen molar-refractivity contribution >= 4 is 41.3 Å². The van der Waals surface area contributed by atoms with Crippen molar-refractivity contribution in [2.24, 2.45) is 4.99 Å². The quantitative estimate of drug-likeness (QED) is 0.321. The van der Waals surface area contributed by atoms with Gasteiger partial charge in [-0.3, -0.25) is 0 Å². The number of benzene rings is 1. The summed E-state index contributed by atoms with van der Waals surface area (Å²) in [5, 5.41) is 7.86. The van der Waals surface area contributed by atoms with Crippen molar-refractivity contribution < 1.29 is 4.74 Å². The van der Waals surface area contributed by atoms with Crippen LogP contribution in [0.3, 0.4) is 0 Å². The van der Waals surface area contributed by atoms with Crippen molar-refractivity contribution in [3.05, 3.63) is 51.5 Å². The molecule has 0 aliphatic heterocycles. The summed E-state index contributed by atoms with van der Waals surface area (Å²) in [6.45, 7) is 7.13. The number of hydrogen-bond acceptors (Lipinski definition) is 4. The number of methoxy groups -OCH3 is 1. The van der Waals surface area contributed by atoms with Crippen LogP contribution in [-0.2, 0) is 30.7 Å². The molecule has 0 atom stereocenters. The molecule has 144 valence electrons. The summed E-state index contributed by atoms with van der Waals surface area (Å²) in [4.78, 5) is 10.5. The molecule has 0 fully saturated rings. The minimum Gasteiger partial charge on any atom is -0.380 e. The molecule has 2 aromatic rings. The highest BCUT2D eigenvalue weighted by Gasteiger charge is 2.04. The predicted octanol–water partition coefficient (Wildman–Crippen LogP) is 3.77. The zero-order valence-electron chi connectivity index (χ0n) is 15.7. The molecule has 0 aliphatic carbocycles. The van der Waals surface area contributed by atoms with Crippen LogP contribution in [0, 0.1) is 0 Å². The van der Waals surface area contributed by atoms with Crippen LogP contribution in [-0.4, -0.2) is 31.1 Å². The maximum atomic E-state index is 5.26. The third-order valence-corrected chi connectivity index (χ3v) is 4.95. The number of thiazole rings is 1. The van der Waals surface area contributed by atoms with Gasteiger partial charge in [0.1, 0.15) is 0 Å². The fourth-order valence-electron chi connectivity index (χ4n) is 2.43. The van der Waals surface area contributed by atoms with Gasteiger partial charge in [0.05, 0.1) is 18.2 Å². The molecule has 0 aliphatic rings. The molecule has 0 amide bonds. The normalized spacial score (nSPS) is 11.1. The van der Waals surface area contributed by atoms with Crippen molar-refractivity contribution in [2.75, 3.05) is 20.2 Å². The molecule has 2 rings (SSSR count). The van der Waals surface area contributed by atoms with E-state index in [1.54, 1.807) is 18.4 Å². The van der Waals surface area contributed by atoms with Gasteiger partial charge in [-0.2, -0.15) is 0 Å². The zero-order chi connectivity index (χ0) is 17.9. The van der Waals surface area contributed by atoms with E-state index < -0.39 is 0 Å². The summed E-state index contributed by atoms with van der Waals surface area (Å²) in [5.74, 6) is 0.835. The van der Waals surface area contributed by atoms with Crippen LogP contribution < -0.4 is 10.6 Å². The summed E-state index contributed by atoms with van der Waals surface area (Å²) in [5.41, 5.74) is 2.37. The Bertz CT molecular complexity index is 675. The molecular weight excluding hydrogens is 459 g/mol. The molecule has 1 aromatic heterocycles. The molecule has 1 heterocycles. The van der Waals surface area contributed by atoms with E-state index in [1.165, 1.54) is 21.0 Å². The Balaban J connectivity index is 0.00000338. The molecule has 0 unspecified atom stereocenters. The maximum Gasteiger partial charge on any atom is 0.191 e. The van der Waals surface area contributed by atoms with Crippen LogP contribution in [0.2, 0.25) is 0 Å². The average Bonchev–Trinajstić information content (AvgIpc) is 3.09. The largest absolute Gasteiger partial charge is 0.380 e. The Kier molecular flexibility index (Phi) is 11.5. The van der Waals surface area contributed by atoms with E-state index in [9.17, 15) is 0 Å². The molecule has 1 aromatic carbocycles. The van der Waals surface area contributed by atoms with Gasteiger partial charge in [-0.25, -0.2) is 9.98 Å². The van der Waals surface area contributed by atoms with Crippen LogP contribution in [0.25, 0.3) is 0 Å². The number of nitrogens with zero attached hydrogens (tertiary/aromatic N) is 2. The van der Waals surface area contributed by atoms with Gasteiger partial charge >= 0.3 is 0 Å². The first-order chi connectivity index (χ1) is 12.3. The highest BCUT2D eigenvalue weighted by atomic mass is 127. The van der Waals surface area contributed by atoms with Crippen molar-refractivity contribution in [1.29, 1.82) is 0 Å². The molecular formula is C19H29IN4OS. The van der Waals surface area contributed by atoms with E-state index in [1.807, 2.05) is 18.3 Å². The second-order valence-corrected chi connectivity index (χ2v) is 6.85. The SMILES string of the molecule is CCNC(=NCc1ccccc1COC)NCCc1ncc(CC)s1.I. The third kappa shape index (κ3) is 7.59. The Morgan fingerprint density at radius 3 is 2.62 bits per heavy atom. The van der Waals surface area contributed by atoms with Crippen LogP contribution in [0.1, 0.15) is 34.9 Å². The smallest absolute Gasteiger partial charge is 0.191 e. The van der Waals surface area contributed by atoms with Gasteiger partial charge < -0.3 is 15.4 Å². The number of ether oxygens (including phenoxy) is 1. The molecule has 0 spiro atoms. The third-order valence-electron chi connectivity index (χ3n) is 3.75. The summed E-state index contributed by atoms with van der Waals surface area (Å²) in [6.07, 6.45) is 3.94. The Morgan fingerprint density at radius 2 is 1.96 bits per heavy atom. The van der Waals surface area contributed by atoms with E-state index in [0.717, 1.165) is 31.9 Å². The van der Waals surface area contributed by atoms with Gasteiger partial charge in [0.15, 0.2) is 5.96 Å². The lowest BCUT2D eigenvalue weighted by molar-refractivity contribution is 0.184. The number of hydrogen-bond donors (Lipinski definition) is 2. The molecule has 2 N–H and O–H groups in total. The number of nitrogens with one attached hydrogen (secondary N) is 2. The highest BCUT2D eigenvalue weighted by molar-refractivity contribution is 14.0. The lowest BCUT2D eigenvalue weighted by Gasteiger charge is -2.12. The van der Waals surface area contributed by atoms with Crippen LogP contribution in [0.4, 0.5) is 0 Å². The first-order valence-electron chi connectivity index (χ1n) is 8.78. The standard InChI is InChI=1S/C19H28N4OS.HI/c1-4-17-13-22-18(25-17)10-11-21-19(20-5-2)23-12-15-8-6-7-9-16(15)14-24-3;/h6-9,13H,4-5,10-12,14H2,1-3H3,(H2,20,21,23);1H. The van der Waals surface area contributed by atoms with Gasteiger partial charge in [-0.05, 0) is 24.5 Å². The number of guanidine groups is 1. The molecule has 0 bridgehead atoms. The van der Waals surface area contributed by atoms with Crippen LogP contribution >= 0.6 is 35.3 Å². The summed E-state index contributed by atoms with van der Waals surface area (Å²) in [6, 6.07) is 8.26. The number of aromatic nitrogens is 1. The van der Waals surface area contributed by atoms with E-state index in [-0.39, 0.29) is 24.0 Å². The van der Waals surface area contributed by atoms with E-state index in [2.05, 4.69) is 41.6 Å². The summed E-state index contributed by atoms with van der Waals surface area (Å²) < 4.78 is 5.26. The van der Waals surface area contributed by atoms with Crippen molar-refractivity contribution in [3.63, 3.8) is 0 Å². The molecule has 5 nitrogen and oxygen atoms in total. The molecule has 0 saturated carbocycles. The van der Waals surface area contributed by atoms with Crippen molar-refractivity contribution in [2.45, 2.75) is 39.8 Å². The van der Waals surface area contributed by atoms with Gasteiger partial charge in [-0.15, -0.1) is 35.3 Å². The van der Waals surface area contributed by atoms with Crippen LogP contribution in [0.5, 0.6) is 0 Å². The maximum absolute atomic E-state index is 5.26. The highest BCUT2D eigenvalue weighted by Crippen LogP contribution is 2.13. The van der Waals surface area contributed by atoms with Crippen molar-refractivity contribution in [3.8, 4) is 0 Å². The number of halogens is 1. The lowest BCUT2D eigenvalue weighted by atomic mass is 10.1. The molecule has 26 heavy (non-hydrogen) atoms. The van der Waals surface area contributed by atoms with Crippen LogP contribution in [0.15, 0.2) is 35.5 Å². The second-order valence-electron chi connectivity index (χ2n) is 5.65. The fraction of sp³-hybridized carbons (Fsp3) is 0.474. The molecule has 0 saturated heterocycles. The topological polar surface area (TPSA) is 58.5 Å².